The van der Waals surface area contributed by atoms with Crippen molar-refractivity contribution in [2.45, 2.75) is 44.8 Å². The summed E-state index contributed by atoms with van der Waals surface area (Å²) in [5.74, 6) is 0.0898. The molecule has 0 aliphatic heterocycles. The summed E-state index contributed by atoms with van der Waals surface area (Å²) in [6.07, 6.45) is 2.30. The third kappa shape index (κ3) is 6.09. The maximum absolute atomic E-state index is 13.1. The van der Waals surface area contributed by atoms with Crippen LogP contribution in [0.3, 0.4) is 0 Å². The third-order valence-corrected chi connectivity index (χ3v) is 5.57. The van der Waals surface area contributed by atoms with Gasteiger partial charge in [-0.15, -0.1) is 0 Å². The van der Waals surface area contributed by atoms with Gasteiger partial charge < -0.3 is 10.1 Å². The zero-order chi connectivity index (χ0) is 23.1. The van der Waals surface area contributed by atoms with Crippen LogP contribution >= 0.6 is 11.6 Å². The van der Waals surface area contributed by atoms with Gasteiger partial charge in [0.25, 0.3) is 5.91 Å². The highest BCUT2D eigenvalue weighted by Gasteiger charge is 2.33. The number of benzene rings is 2. The summed E-state index contributed by atoms with van der Waals surface area (Å²) in [5, 5.41) is 13.1. The van der Waals surface area contributed by atoms with E-state index in [0.717, 1.165) is 11.1 Å². The number of carbonyl (C=O) groups is 1. The van der Waals surface area contributed by atoms with E-state index in [9.17, 15) is 10.1 Å². The standard InChI is InChI=1S/C26H26ClN3O2/c1-18(30-25(31)26(2,3)32-24-9-4-5-14-29-24)23(16-19-10-12-22(27)13-11-19)21-8-6-7-20(15-21)17-28/h4-15,18,23H,16H2,1-3H3,(H,30,31). The summed E-state index contributed by atoms with van der Waals surface area (Å²) >= 11 is 6.04. The van der Waals surface area contributed by atoms with Crippen molar-refractivity contribution in [3.05, 3.63) is 94.6 Å². The molecule has 0 saturated carbocycles. The number of amides is 1. The molecule has 0 bridgehead atoms. The van der Waals surface area contributed by atoms with Crippen LogP contribution < -0.4 is 10.1 Å². The van der Waals surface area contributed by atoms with E-state index >= 15 is 0 Å². The Morgan fingerprint density at radius 3 is 2.56 bits per heavy atom. The lowest BCUT2D eigenvalue weighted by Gasteiger charge is -2.30. The van der Waals surface area contributed by atoms with Crippen LogP contribution in [-0.2, 0) is 11.2 Å². The molecule has 32 heavy (non-hydrogen) atoms. The molecule has 0 aliphatic carbocycles. The van der Waals surface area contributed by atoms with Gasteiger partial charge in [0.1, 0.15) is 0 Å². The molecule has 0 aliphatic rings. The second kappa shape index (κ2) is 10.3. The van der Waals surface area contributed by atoms with Gasteiger partial charge in [0.2, 0.25) is 5.88 Å². The zero-order valence-electron chi connectivity index (χ0n) is 18.4. The first-order chi connectivity index (χ1) is 15.3. The number of hydrogen-bond acceptors (Lipinski definition) is 4. The fourth-order valence-corrected chi connectivity index (χ4v) is 3.62. The summed E-state index contributed by atoms with van der Waals surface area (Å²) in [5.41, 5.74) is 1.55. The largest absolute Gasteiger partial charge is 0.462 e. The van der Waals surface area contributed by atoms with E-state index in [1.807, 2.05) is 55.5 Å². The Hall–Kier alpha value is -3.36. The highest BCUT2D eigenvalue weighted by Crippen LogP contribution is 2.27. The number of halogens is 1. The summed E-state index contributed by atoms with van der Waals surface area (Å²) in [4.78, 5) is 17.2. The van der Waals surface area contributed by atoms with Crippen molar-refractivity contribution >= 4 is 17.5 Å². The fourth-order valence-electron chi connectivity index (χ4n) is 3.49. The van der Waals surface area contributed by atoms with E-state index < -0.39 is 5.60 Å². The lowest BCUT2D eigenvalue weighted by Crippen LogP contribution is -2.51. The zero-order valence-corrected chi connectivity index (χ0v) is 19.1. The number of hydrogen-bond donors (Lipinski definition) is 1. The molecule has 1 heterocycles. The molecule has 0 radical (unpaired) electrons. The summed E-state index contributed by atoms with van der Waals surface area (Å²) in [6, 6.07) is 22.5. The molecule has 2 atom stereocenters. The van der Waals surface area contributed by atoms with E-state index in [2.05, 4.69) is 16.4 Å². The number of pyridine rings is 1. The Kier molecular flexibility index (Phi) is 7.50. The van der Waals surface area contributed by atoms with Gasteiger partial charge in [-0.25, -0.2) is 4.98 Å². The first-order valence-corrected chi connectivity index (χ1v) is 10.8. The number of nitrogens with zero attached hydrogens (tertiary/aromatic N) is 2. The highest BCUT2D eigenvalue weighted by molar-refractivity contribution is 6.30. The van der Waals surface area contributed by atoms with Gasteiger partial charge in [-0.3, -0.25) is 4.79 Å². The Balaban J connectivity index is 1.82. The lowest BCUT2D eigenvalue weighted by atomic mass is 9.85. The normalized spacial score (nSPS) is 13.0. The molecule has 0 spiro atoms. The molecule has 1 aromatic heterocycles. The molecule has 5 nitrogen and oxygen atoms in total. The second-order valence-electron chi connectivity index (χ2n) is 8.22. The summed E-state index contributed by atoms with van der Waals surface area (Å²) in [6.45, 7) is 5.40. The van der Waals surface area contributed by atoms with E-state index in [-0.39, 0.29) is 17.9 Å². The van der Waals surface area contributed by atoms with Gasteiger partial charge in [-0.05, 0) is 68.7 Å². The van der Waals surface area contributed by atoms with Gasteiger partial charge in [0, 0.05) is 29.2 Å². The lowest BCUT2D eigenvalue weighted by molar-refractivity contribution is -0.135. The third-order valence-electron chi connectivity index (χ3n) is 5.32. The van der Waals surface area contributed by atoms with E-state index in [1.165, 1.54) is 0 Å². The van der Waals surface area contributed by atoms with Crippen LogP contribution in [0.25, 0.3) is 0 Å². The molecular weight excluding hydrogens is 422 g/mol. The maximum atomic E-state index is 13.1. The fraction of sp³-hybridized carbons (Fsp3) is 0.269. The minimum absolute atomic E-state index is 0.0564. The first kappa shape index (κ1) is 23.3. The average Bonchev–Trinajstić information content (AvgIpc) is 2.79. The van der Waals surface area contributed by atoms with E-state index in [1.54, 1.807) is 38.2 Å². The van der Waals surface area contributed by atoms with Crippen LogP contribution in [0.4, 0.5) is 0 Å². The number of carbonyl (C=O) groups excluding carboxylic acids is 1. The van der Waals surface area contributed by atoms with Crippen LogP contribution in [0.15, 0.2) is 72.9 Å². The number of ether oxygens (including phenoxy) is 1. The van der Waals surface area contributed by atoms with Crippen molar-refractivity contribution in [3.63, 3.8) is 0 Å². The van der Waals surface area contributed by atoms with Crippen molar-refractivity contribution < 1.29 is 9.53 Å². The van der Waals surface area contributed by atoms with Crippen molar-refractivity contribution in [1.82, 2.24) is 10.3 Å². The van der Waals surface area contributed by atoms with Crippen LogP contribution in [-0.4, -0.2) is 22.5 Å². The number of nitrogens with one attached hydrogen (secondary N) is 1. The van der Waals surface area contributed by atoms with Crippen molar-refractivity contribution in [2.75, 3.05) is 0 Å². The number of rotatable bonds is 8. The Morgan fingerprint density at radius 1 is 1.16 bits per heavy atom. The van der Waals surface area contributed by atoms with Gasteiger partial charge in [0.15, 0.2) is 5.60 Å². The molecule has 1 amide bonds. The predicted octanol–water partition coefficient (Wildman–Crippen LogP) is 5.30. The number of aromatic nitrogens is 1. The molecular formula is C26H26ClN3O2. The Morgan fingerprint density at radius 2 is 1.91 bits per heavy atom. The van der Waals surface area contributed by atoms with Crippen molar-refractivity contribution in [3.8, 4) is 11.9 Å². The predicted molar refractivity (Wildman–Crippen MR) is 126 cm³/mol. The Bertz CT molecular complexity index is 1090. The molecule has 2 unspecified atom stereocenters. The quantitative estimate of drug-likeness (QED) is 0.508. The van der Waals surface area contributed by atoms with Crippen LogP contribution in [0, 0.1) is 11.3 Å². The molecule has 0 saturated heterocycles. The monoisotopic (exact) mass is 447 g/mol. The van der Waals surface area contributed by atoms with Gasteiger partial charge in [0.05, 0.1) is 11.6 Å². The van der Waals surface area contributed by atoms with Crippen LogP contribution in [0.1, 0.15) is 43.4 Å². The highest BCUT2D eigenvalue weighted by atomic mass is 35.5. The molecule has 2 aromatic carbocycles. The van der Waals surface area contributed by atoms with Crippen molar-refractivity contribution in [1.29, 1.82) is 5.26 Å². The molecule has 0 fully saturated rings. The molecule has 1 N–H and O–H groups in total. The van der Waals surface area contributed by atoms with Gasteiger partial charge in [-0.1, -0.05) is 41.9 Å². The summed E-state index contributed by atoms with van der Waals surface area (Å²) < 4.78 is 5.84. The molecule has 164 valence electrons. The second-order valence-corrected chi connectivity index (χ2v) is 8.65. The minimum Gasteiger partial charge on any atom is -0.462 e. The topological polar surface area (TPSA) is 75.0 Å². The first-order valence-electron chi connectivity index (χ1n) is 10.4. The van der Waals surface area contributed by atoms with Crippen LogP contribution in [0.2, 0.25) is 5.02 Å². The smallest absolute Gasteiger partial charge is 0.263 e. The Labute approximate surface area is 194 Å². The van der Waals surface area contributed by atoms with Gasteiger partial charge in [-0.2, -0.15) is 5.26 Å². The van der Waals surface area contributed by atoms with Gasteiger partial charge >= 0.3 is 0 Å². The van der Waals surface area contributed by atoms with E-state index in [4.69, 9.17) is 16.3 Å². The molecule has 3 rings (SSSR count). The van der Waals surface area contributed by atoms with E-state index in [0.29, 0.717) is 22.9 Å². The summed E-state index contributed by atoms with van der Waals surface area (Å²) in [7, 11) is 0. The van der Waals surface area contributed by atoms with Crippen molar-refractivity contribution in [2.24, 2.45) is 0 Å². The number of nitriles is 1. The molecule has 6 heteroatoms. The molecule has 3 aromatic rings. The maximum Gasteiger partial charge on any atom is 0.263 e. The van der Waals surface area contributed by atoms with Crippen LogP contribution in [0.5, 0.6) is 5.88 Å². The average molecular weight is 448 g/mol. The SMILES string of the molecule is CC(NC(=O)C(C)(C)Oc1ccccn1)C(Cc1ccc(Cl)cc1)c1cccc(C#N)c1. The minimum atomic E-state index is -1.11.